The van der Waals surface area contributed by atoms with Crippen molar-refractivity contribution in [1.82, 2.24) is 0 Å². The van der Waals surface area contributed by atoms with Gasteiger partial charge in [0, 0.05) is 13.2 Å². The number of ether oxygens (including phenoxy) is 10. The maximum absolute atomic E-state index is 13.8. The van der Waals surface area contributed by atoms with Crippen LogP contribution in [0, 0.1) is 0 Å². The normalized spacial score (nSPS) is 16.0. The molecule has 3 unspecified atom stereocenters. The van der Waals surface area contributed by atoms with Crippen molar-refractivity contribution in [3.63, 3.8) is 0 Å². The molecule has 15 nitrogen and oxygen atoms in total. The molecule has 5 N–H and O–H groups in total. The van der Waals surface area contributed by atoms with E-state index in [4.69, 9.17) is 10.2 Å². The van der Waals surface area contributed by atoms with E-state index in [1.807, 2.05) is 0 Å². The number of unbranched alkanes of at least 4 members (excludes halogenated alkanes) is 4. The molecule has 0 bridgehead atoms. The third-order valence-electron chi connectivity index (χ3n) is 6.98. The third-order valence-corrected chi connectivity index (χ3v) is 6.98. The second kappa shape index (κ2) is 26.8. The van der Waals surface area contributed by atoms with Crippen LogP contribution >= 0.6 is 0 Å². The summed E-state index contributed by atoms with van der Waals surface area (Å²) in [6.07, 6.45) is -66.6. The predicted molar refractivity (Wildman–Crippen MR) is 168 cm³/mol. The number of rotatable bonds is 40. The highest BCUT2D eigenvalue weighted by molar-refractivity contribution is 4.73. The summed E-state index contributed by atoms with van der Waals surface area (Å²) in [4.78, 5) is 0. The molecule has 35 heteroatoms. The van der Waals surface area contributed by atoms with Gasteiger partial charge < -0.3 is 44.5 Å². The van der Waals surface area contributed by atoms with Gasteiger partial charge in [0.05, 0.1) is 38.6 Å². The van der Waals surface area contributed by atoms with Crippen molar-refractivity contribution in [2.45, 2.75) is 131 Å². The van der Waals surface area contributed by atoms with Gasteiger partial charge in [0.2, 0.25) is 0 Å². The van der Waals surface area contributed by atoms with Crippen molar-refractivity contribution in [3.05, 3.63) is 0 Å². The number of alkyl halides is 20. The summed E-state index contributed by atoms with van der Waals surface area (Å²) in [5.74, 6) is 0. The molecule has 0 saturated carbocycles. The van der Waals surface area contributed by atoms with Crippen LogP contribution in [0.25, 0.3) is 0 Å². The highest BCUT2D eigenvalue weighted by atomic mass is 19.4. The monoisotopic (exact) mass is 1040 g/mol. The lowest BCUT2D eigenvalue weighted by Crippen LogP contribution is -2.54. The van der Waals surface area contributed by atoms with Crippen LogP contribution < -0.4 is 0 Å². The zero-order valence-corrected chi connectivity index (χ0v) is 33.3. The average molecular weight is 1040 g/mol. The lowest BCUT2D eigenvalue weighted by atomic mass is 10.1. The summed E-state index contributed by atoms with van der Waals surface area (Å²) < 4.78 is 305. The van der Waals surface area contributed by atoms with Crippen molar-refractivity contribution in [1.29, 1.82) is 0 Å². The van der Waals surface area contributed by atoms with Gasteiger partial charge in [-0.25, -0.2) is 28.4 Å². The molecule has 0 aromatic carbocycles. The second-order valence-electron chi connectivity index (χ2n) is 13.3. The highest BCUT2D eigenvalue weighted by Gasteiger charge is 2.70. The summed E-state index contributed by atoms with van der Waals surface area (Å²) in [7, 11) is 0. The largest absolute Gasteiger partial charge is 0.495 e. The topological polar surface area (TPSA) is 193 Å². The molecule has 0 radical (unpaired) electrons. The van der Waals surface area contributed by atoms with Gasteiger partial charge in [-0.05, 0) is 25.7 Å². The fourth-order valence-electron chi connectivity index (χ4n) is 4.23. The van der Waals surface area contributed by atoms with Gasteiger partial charge in [0.1, 0.15) is 32.5 Å². The zero-order chi connectivity index (χ0) is 51.5. The predicted octanol–water partition coefficient (Wildman–Crippen LogP) is 6.18. The van der Waals surface area contributed by atoms with Gasteiger partial charge in [-0.1, -0.05) is 25.7 Å². The fourth-order valence-corrected chi connectivity index (χ4v) is 4.23. The summed E-state index contributed by atoms with van der Waals surface area (Å²) in [6.45, 7) is -15.7. The maximum atomic E-state index is 13.8. The first-order valence-electron chi connectivity index (χ1n) is 18.3. The Morgan fingerprint density at radius 2 is 0.545 bits per heavy atom. The quantitative estimate of drug-likeness (QED) is 0.0265. The molecular weight excluding hydrogens is 992 g/mol. The molecule has 0 heterocycles. The highest BCUT2D eigenvalue weighted by Crippen LogP contribution is 2.46. The minimum atomic E-state index is -6.95. The minimum Gasteiger partial charge on any atom is -0.396 e. The maximum Gasteiger partial charge on any atom is 0.495 e. The van der Waals surface area contributed by atoms with Crippen LogP contribution in [-0.4, -0.2) is 171 Å². The average Bonchev–Trinajstić information content (AvgIpc) is 3.08. The number of hydrogen-bond acceptors (Lipinski definition) is 15. The molecule has 0 aromatic heterocycles. The summed E-state index contributed by atoms with van der Waals surface area (Å²) in [5, 5.41) is 45.8. The first kappa shape index (κ1) is 64.0. The number of hydrogen-bond donors (Lipinski definition) is 5. The summed E-state index contributed by atoms with van der Waals surface area (Å²) in [6, 6.07) is 0. The number of aliphatic hydroxyl groups is 5. The first-order chi connectivity index (χ1) is 29.8. The molecule has 3 atom stereocenters. The standard InChI is InChI=1S/C31H44F20O15/c32-22(33,15-57-11-19(54)7-3-1-5-9-52)61-26(40,41)28(44,45)66-31(50,51)64-25(38,39)18-60-14-21(56)13-59-16-23(34,35)62-27(42,43)29(46,47)65-30(48,49)63-24(36,37)17-58-12-20(55)8-4-2-6-10-53/h19-21,52-56H,1-18H2. The van der Waals surface area contributed by atoms with Crippen LogP contribution in [-0.2, 0) is 47.4 Å². The molecule has 0 saturated heterocycles. The Balaban J connectivity index is 5.03. The Morgan fingerprint density at radius 1 is 0.303 bits per heavy atom. The van der Waals surface area contributed by atoms with E-state index in [1.54, 1.807) is 0 Å². The van der Waals surface area contributed by atoms with Crippen molar-refractivity contribution >= 4 is 0 Å². The van der Waals surface area contributed by atoms with E-state index in [9.17, 15) is 103 Å². The SMILES string of the molecule is OCCCCCC(O)COCC(F)(F)OC(F)(F)OC(F)(F)C(F)(F)OC(F)(F)COCC(O)COCC(F)(F)OC(F)(F)OC(F)(F)C(F)(F)OC(F)(F)COCC(O)CCCCCO. The fraction of sp³-hybridized carbons (Fsp3) is 1.00. The van der Waals surface area contributed by atoms with E-state index in [-0.39, 0.29) is 38.9 Å². The van der Waals surface area contributed by atoms with Gasteiger partial charge in [0.15, 0.2) is 0 Å². The van der Waals surface area contributed by atoms with Crippen molar-refractivity contribution in [2.24, 2.45) is 0 Å². The van der Waals surface area contributed by atoms with Gasteiger partial charge in [-0.15, -0.1) is 17.6 Å². The van der Waals surface area contributed by atoms with Crippen molar-refractivity contribution in [3.8, 4) is 0 Å². The van der Waals surface area contributed by atoms with Crippen LogP contribution in [0.3, 0.4) is 0 Å². The molecule has 0 fully saturated rings. The smallest absolute Gasteiger partial charge is 0.396 e. The minimum absolute atomic E-state index is 0.108. The summed E-state index contributed by atoms with van der Waals surface area (Å²) in [5.41, 5.74) is 0. The molecule has 0 aliphatic carbocycles. The first-order valence-corrected chi connectivity index (χ1v) is 18.3. The Hall–Kier alpha value is -2.00. The molecule has 0 spiro atoms. The Kier molecular flexibility index (Phi) is 26.0. The van der Waals surface area contributed by atoms with Crippen molar-refractivity contribution < 1.29 is 161 Å². The van der Waals surface area contributed by atoms with E-state index in [0.717, 1.165) is 0 Å². The van der Waals surface area contributed by atoms with Crippen LogP contribution in [0.4, 0.5) is 87.8 Å². The lowest BCUT2D eigenvalue weighted by Gasteiger charge is -2.32. The molecule has 0 aliphatic heterocycles. The van der Waals surface area contributed by atoms with E-state index >= 15 is 0 Å². The van der Waals surface area contributed by atoms with Crippen LogP contribution in [0.2, 0.25) is 0 Å². The number of halogens is 20. The molecule has 0 aliphatic rings. The molecule has 0 aromatic rings. The van der Waals surface area contributed by atoms with E-state index in [2.05, 4.69) is 47.4 Å². The van der Waals surface area contributed by atoms with E-state index in [1.165, 1.54) is 0 Å². The third kappa shape index (κ3) is 27.3. The Morgan fingerprint density at radius 3 is 0.818 bits per heavy atom. The van der Waals surface area contributed by atoms with Crippen LogP contribution in [0.1, 0.15) is 51.4 Å². The Labute approximate surface area is 358 Å². The van der Waals surface area contributed by atoms with Crippen LogP contribution in [0.15, 0.2) is 0 Å². The number of aliphatic hydroxyl groups excluding tert-OH is 5. The molecule has 66 heavy (non-hydrogen) atoms. The van der Waals surface area contributed by atoms with E-state index < -0.39 is 133 Å². The molecular formula is C31H44F20O15. The second-order valence-corrected chi connectivity index (χ2v) is 13.3. The van der Waals surface area contributed by atoms with Gasteiger partial charge in [0.25, 0.3) is 0 Å². The van der Waals surface area contributed by atoms with Gasteiger partial charge >= 0.3 is 61.5 Å². The molecule has 0 amide bonds. The lowest BCUT2D eigenvalue weighted by molar-refractivity contribution is -0.567. The van der Waals surface area contributed by atoms with Gasteiger partial charge in [-0.3, -0.25) is 0 Å². The van der Waals surface area contributed by atoms with Crippen LogP contribution in [0.5, 0.6) is 0 Å². The van der Waals surface area contributed by atoms with Crippen molar-refractivity contribution in [2.75, 3.05) is 66.1 Å². The molecule has 398 valence electrons. The zero-order valence-electron chi connectivity index (χ0n) is 33.3. The van der Waals surface area contributed by atoms with E-state index in [0.29, 0.717) is 25.7 Å². The Bertz CT molecular complexity index is 1340. The summed E-state index contributed by atoms with van der Waals surface area (Å²) >= 11 is 0. The molecule has 0 rings (SSSR count). The van der Waals surface area contributed by atoms with Gasteiger partial charge in [-0.2, -0.15) is 70.2 Å².